The molecule has 0 fully saturated rings. The van der Waals surface area contributed by atoms with Gasteiger partial charge in [0.25, 0.3) is 0 Å². The van der Waals surface area contributed by atoms with Crippen molar-refractivity contribution >= 4 is 5.97 Å². The van der Waals surface area contributed by atoms with Crippen LogP contribution in [0.3, 0.4) is 0 Å². The molecule has 16 heavy (non-hydrogen) atoms. The molecule has 0 atom stereocenters. The maximum atomic E-state index is 10.5. The van der Waals surface area contributed by atoms with Crippen molar-refractivity contribution in [3.05, 3.63) is 42.0 Å². The highest BCUT2D eigenvalue weighted by molar-refractivity contribution is 5.80. The molecule has 0 radical (unpaired) electrons. The summed E-state index contributed by atoms with van der Waals surface area (Å²) in [4.78, 5) is 10.5. The molecule has 1 aromatic carbocycles. The normalized spacial score (nSPS) is 11.7. The highest BCUT2D eigenvalue weighted by Gasteiger charge is 2.17. The van der Waals surface area contributed by atoms with E-state index in [4.69, 9.17) is 9.84 Å². The fraction of sp³-hybridized carbons (Fsp3) is 0.308. The number of hydrogen-bond acceptors (Lipinski definition) is 2. The summed E-state index contributed by atoms with van der Waals surface area (Å²) in [5.41, 5.74) is 0.691. The molecule has 0 heterocycles. The standard InChI is InChI=1S/C13H16O3/c1-13(2,8-7-12(14)15)10-5-4-6-11(9-10)16-3/h4-9H,1-3H3,(H,14,15)/b8-7+. The van der Waals surface area contributed by atoms with Crippen LogP contribution in [-0.4, -0.2) is 18.2 Å². The topological polar surface area (TPSA) is 46.5 Å². The van der Waals surface area contributed by atoms with Gasteiger partial charge in [0.1, 0.15) is 5.75 Å². The van der Waals surface area contributed by atoms with Crippen molar-refractivity contribution < 1.29 is 14.6 Å². The van der Waals surface area contributed by atoms with Gasteiger partial charge in [-0.3, -0.25) is 0 Å². The van der Waals surface area contributed by atoms with E-state index in [0.29, 0.717) is 0 Å². The van der Waals surface area contributed by atoms with Crippen LogP contribution in [0.4, 0.5) is 0 Å². The Hall–Kier alpha value is -1.77. The predicted octanol–water partition coefficient (Wildman–Crippen LogP) is 2.61. The van der Waals surface area contributed by atoms with Crippen LogP contribution < -0.4 is 4.74 Å². The number of methoxy groups -OCH3 is 1. The number of ether oxygens (including phenoxy) is 1. The summed E-state index contributed by atoms with van der Waals surface area (Å²) in [6.45, 7) is 3.92. The van der Waals surface area contributed by atoms with Gasteiger partial charge < -0.3 is 9.84 Å². The Morgan fingerprint density at radius 1 is 1.44 bits per heavy atom. The molecule has 0 aromatic heterocycles. The van der Waals surface area contributed by atoms with Gasteiger partial charge in [-0.2, -0.15) is 0 Å². The highest BCUT2D eigenvalue weighted by Crippen LogP contribution is 2.27. The molecule has 0 amide bonds. The van der Waals surface area contributed by atoms with E-state index in [1.165, 1.54) is 6.08 Å². The van der Waals surface area contributed by atoms with Crippen LogP contribution in [0, 0.1) is 0 Å². The Kier molecular flexibility index (Phi) is 3.72. The van der Waals surface area contributed by atoms with Crippen molar-refractivity contribution in [3.8, 4) is 5.75 Å². The third-order valence-electron chi connectivity index (χ3n) is 2.46. The molecule has 1 rings (SSSR count). The molecule has 0 saturated heterocycles. The number of aliphatic carboxylic acids is 1. The second-order valence-corrected chi connectivity index (χ2v) is 4.13. The van der Waals surface area contributed by atoms with Gasteiger partial charge in [0.15, 0.2) is 0 Å². The van der Waals surface area contributed by atoms with Crippen molar-refractivity contribution in [3.63, 3.8) is 0 Å². The van der Waals surface area contributed by atoms with Crippen LogP contribution in [0.25, 0.3) is 0 Å². The summed E-state index contributed by atoms with van der Waals surface area (Å²) in [6.07, 6.45) is 2.84. The SMILES string of the molecule is COc1cccc(C(C)(C)/C=C/C(=O)O)c1. The molecular formula is C13H16O3. The smallest absolute Gasteiger partial charge is 0.328 e. The zero-order chi connectivity index (χ0) is 12.2. The lowest BCUT2D eigenvalue weighted by Gasteiger charge is -2.21. The molecular weight excluding hydrogens is 204 g/mol. The Labute approximate surface area is 95.4 Å². The van der Waals surface area contributed by atoms with Crippen molar-refractivity contribution in [2.75, 3.05) is 7.11 Å². The molecule has 0 aliphatic heterocycles. The second kappa shape index (κ2) is 4.84. The van der Waals surface area contributed by atoms with Crippen molar-refractivity contribution in [1.29, 1.82) is 0 Å². The zero-order valence-electron chi connectivity index (χ0n) is 9.73. The first kappa shape index (κ1) is 12.3. The highest BCUT2D eigenvalue weighted by atomic mass is 16.5. The molecule has 0 bridgehead atoms. The number of carbonyl (C=O) groups is 1. The summed E-state index contributed by atoms with van der Waals surface area (Å²) in [7, 11) is 1.61. The maximum Gasteiger partial charge on any atom is 0.328 e. The monoisotopic (exact) mass is 220 g/mol. The van der Waals surface area contributed by atoms with Gasteiger partial charge in [-0.05, 0) is 17.7 Å². The van der Waals surface area contributed by atoms with Crippen LogP contribution in [0.5, 0.6) is 5.75 Å². The summed E-state index contributed by atoms with van der Waals surface area (Å²) in [5.74, 6) is -0.162. The molecule has 0 unspecified atom stereocenters. The van der Waals surface area contributed by atoms with E-state index in [9.17, 15) is 4.79 Å². The molecule has 0 aliphatic rings. The van der Waals surface area contributed by atoms with Crippen LogP contribution in [0.1, 0.15) is 19.4 Å². The lowest BCUT2D eigenvalue weighted by molar-refractivity contribution is -0.131. The first-order valence-corrected chi connectivity index (χ1v) is 5.02. The van der Waals surface area contributed by atoms with Crippen LogP contribution in [0.2, 0.25) is 0 Å². The zero-order valence-corrected chi connectivity index (χ0v) is 9.73. The number of allylic oxidation sites excluding steroid dienone is 1. The fourth-order valence-electron chi connectivity index (χ4n) is 1.40. The molecule has 0 aliphatic carbocycles. The quantitative estimate of drug-likeness (QED) is 0.793. The average Bonchev–Trinajstić information content (AvgIpc) is 2.27. The third kappa shape index (κ3) is 3.12. The first-order valence-electron chi connectivity index (χ1n) is 5.02. The minimum Gasteiger partial charge on any atom is -0.497 e. The number of rotatable bonds is 4. The van der Waals surface area contributed by atoms with Gasteiger partial charge in [0.05, 0.1) is 7.11 Å². The maximum absolute atomic E-state index is 10.5. The van der Waals surface area contributed by atoms with E-state index in [1.54, 1.807) is 13.2 Å². The molecule has 1 N–H and O–H groups in total. The number of hydrogen-bond donors (Lipinski definition) is 1. The van der Waals surface area contributed by atoms with Crippen LogP contribution in [-0.2, 0) is 10.2 Å². The first-order chi connectivity index (χ1) is 7.45. The number of benzene rings is 1. The molecule has 86 valence electrons. The lowest BCUT2D eigenvalue weighted by atomic mass is 9.84. The molecule has 0 spiro atoms. The van der Waals surface area contributed by atoms with Crippen LogP contribution in [0.15, 0.2) is 36.4 Å². The lowest BCUT2D eigenvalue weighted by Crippen LogP contribution is -2.14. The average molecular weight is 220 g/mol. The fourth-order valence-corrected chi connectivity index (χ4v) is 1.40. The minimum atomic E-state index is -0.934. The Balaban J connectivity index is 3.01. The summed E-state index contributed by atoms with van der Waals surface area (Å²) in [6, 6.07) is 7.62. The van der Waals surface area contributed by atoms with Crippen molar-refractivity contribution in [2.45, 2.75) is 19.3 Å². The summed E-state index contributed by atoms with van der Waals surface area (Å²) >= 11 is 0. The Morgan fingerprint density at radius 3 is 2.69 bits per heavy atom. The molecule has 3 heteroatoms. The van der Waals surface area contributed by atoms with E-state index in [1.807, 2.05) is 38.1 Å². The molecule has 0 saturated carbocycles. The minimum absolute atomic E-state index is 0.326. The summed E-state index contributed by atoms with van der Waals surface area (Å²) < 4.78 is 5.14. The van der Waals surface area contributed by atoms with E-state index in [0.717, 1.165) is 11.3 Å². The Morgan fingerprint density at radius 2 is 2.12 bits per heavy atom. The number of carboxylic acid groups (broad SMARTS) is 1. The van der Waals surface area contributed by atoms with Gasteiger partial charge in [-0.15, -0.1) is 0 Å². The van der Waals surface area contributed by atoms with Crippen LogP contribution >= 0.6 is 0 Å². The predicted molar refractivity (Wildman–Crippen MR) is 62.8 cm³/mol. The van der Waals surface area contributed by atoms with Gasteiger partial charge in [-0.1, -0.05) is 32.1 Å². The largest absolute Gasteiger partial charge is 0.497 e. The second-order valence-electron chi connectivity index (χ2n) is 4.13. The third-order valence-corrected chi connectivity index (χ3v) is 2.46. The van der Waals surface area contributed by atoms with E-state index in [2.05, 4.69) is 0 Å². The Bertz CT molecular complexity index is 405. The van der Waals surface area contributed by atoms with Gasteiger partial charge in [0, 0.05) is 11.5 Å². The van der Waals surface area contributed by atoms with E-state index >= 15 is 0 Å². The number of carboxylic acids is 1. The molecule has 3 nitrogen and oxygen atoms in total. The van der Waals surface area contributed by atoms with E-state index < -0.39 is 5.97 Å². The van der Waals surface area contributed by atoms with E-state index in [-0.39, 0.29) is 5.41 Å². The summed E-state index contributed by atoms with van der Waals surface area (Å²) in [5, 5.41) is 8.61. The van der Waals surface area contributed by atoms with Gasteiger partial charge in [-0.25, -0.2) is 4.79 Å². The molecule has 1 aromatic rings. The van der Waals surface area contributed by atoms with Crippen molar-refractivity contribution in [2.24, 2.45) is 0 Å². The van der Waals surface area contributed by atoms with Crippen molar-refractivity contribution in [1.82, 2.24) is 0 Å². The van der Waals surface area contributed by atoms with Gasteiger partial charge in [0.2, 0.25) is 0 Å². The van der Waals surface area contributed by atoms with Gasteiger partial charge >= 0.3 is 5.97 Å².